The fraction of sp³-hybridized carbons (Fsp3) is 0.400. The Kier molecular flexibility index (Phi) is 4.65. The number of amides is 1. The molecule has 0 bridgehead atoms. The van der Waals surface area contributed by atoms with E-state index in [1.54, 1.807) is 0 Å². The van der Waals surface area contributed by atoms with Gasteiger partial charge < -0.3 is 15.1 Å². The number of aromatic nitrogens is 1. The third-order valence-corrected chi connectivity index (χ3v) is 5.13. The molecule has 2 fully saturated rings. The van der Waals surface area contributed by atoms with E-state index in [0.29, 0.717) is 0 Å². The largest absolute Gasteiger partial charge is 0.354 e. The van der Waals surface area contributed by atoms with E-state index in [4.69, 9.17) is 0 Å². The molecule has 1 N–H and O–H groups in total. The number of piperazine rings is 1. The van der Waals surface area contributed by atoms with Gasteiger partial charge in [-0.2, -0.15) is 0 Å². The highest BCUT2D eigenvalue weighted by Gasteiger charge is 2.33. The van der Waals surface area contributed by atoms with Crippen LogP contribution in [0.25, 0.3) is 0 Å². The van der Waals surface area contributed by atoms with E-state index >= 15 is 0 Å². The number of benzene rings is 1. The molecule has 1 amide bonds. The molecule has 3 heterocycles. The van der Waals surface area contributed by atoms with E-state index < -0.39 is 0 Å². The summed E-state index contributed by atoms with van der Waals surface area (Å²) in [6.07, 6.45) is 3.90. The Balaban J connectivity index is 1.63. The minimum atomic E-state index is 0.117. The third kappa shape index (κ3) is 3.24. The average molecular weight is 336 g/mol. The summed E-state index contributed by atoms with van der Waals surface area (Å²) >= 11 is 0. The van der Waals surface area contributed by atoms with Crippen LogP contribution >= 0.6 is 0 Å². The number of likely N-dealkylation sites (tertiary alicyclic amines) is 1. The Hall–Kier alpha value is -2.40. The summed E-state index contributed by atoms with van der Waals surface area (Å²) in [5.41, 5.74) is 1.95. The van der Waals surface area contributed by atoms with Gasteiger partial charge in [0.25, 0.3) is 5.91 Å². The summed E-state index contributed by atoms with van der Waals surface area (Å²) in [7, 11) is 0. The maximum absolute atomic E-state index is 13.0. The minimum absolute atomic E-state index is 0.117. The highest BCUT2D eigenvalue weighted by molar-refractivity contribution is 5.94. The Labute approximate surface area is 148 Å². The van der Waals surface area contributed by atoms with Gasteiger partial charge in [-0.3, -0.25) is 4.79 Å². The zero-order valence-electron chi connectivity index (χ0n) is 14.4. The molecule has 2 aliphatic heterocycles. The van der Waals surface area contributed by atoms with Gasteiger partial charge in [0, 0.05) is 50.0 Å². The lowest BCUT2D eigenvalue weighted by atomic mass is 10.0. The number of nitrogens with one attached hydrogen (secondary N) is 1. The first-order valence-corrected chi connectivity index (χ1v) is 9.11. The monoisotopic (exact) mass is 336 g/mol. The summed E-state index contributed by atoms with van der Waals surface area (Å²) in [4.78, 5) is 22.0. The molecule has 5 nitrogen and oxygen atoms in total. The number of carbonyl (C=O) groups is 1. The van der Waals surface area contributed by atoms with Crippen LogP contribution in [0, 0.1) is 0 Å². The molecule has 0 unspecified atom stereocenters. The van der Waals surface area contributed by atoms with E-state index in [1.807, 2.05) is 47.5 Å². The van der Waals surface area contributed by atoms with Crippen molar-refractivity contribution in [2.75, 3.05) is 37.6 Å². The van der Waals surface area contributed by atoms with Crippen molar-refractivity contribution in [1.29, 1.82) is 0 Å². The summed E-state index contributed by atoms with van der Waals surface area (Å²) in [6.45, 7) is 4.70. The fourth-order valence-electron chi connectivity index (χ4n) is 3.89. The van der Waals surface area contributed by atoms with Crippen molar-refractivity contribution in [3.05, 3.63) is 59.8 Å². The number of nitrogens with zero attached hydrogens (tertiary/aromatic N) is 3. The van der Waals surface area contributed by atoms with Crippen LogP contribution in [0.3, 0.4) is 0 Å². The molecule has 0 spiro atoms. The second-order valence-corrected chi connectivity index (χ2v) is 6.68. The topological polar surface area (TPSA) is 48.5 Å². The van der Waals surface area contributed by atoms with Gasteiger partial charge in [-0.25, -0.2) is 4.98 Å². The van der Waals surface area contributed by atoms with Crippen molar-refractivity contribution in [1.82, 2.24) is 15.2 Å². The van der Waals surface area contributed by atoms with E-state index in [9.17, 15) is 4.79 Å². The van der Waals surface area contributed by atoms with Crippen LogP contribution in [0.15, 0.2) is 48.7 Å². The summed E-state index contributed by atoms with van der Waals surface area (Å²) in [6, 6.07) is 13.9. The molecule has 0 saturated carbocycles. The first kappa shape index (κ1) is 16.1. The van der Waals surface area contributed by atoms with Crippen molar-refractivity contribution in [3.8, 4) is 0 Å². The molecule has 2 saturated heterocycles. The minimum Gasteiger partial charge on any atom is -0.354 e. The van der Waals surface area contributed by atoms with Crippen LogP contribution in [0.4, 0.5) is 5.82 Å². The SMILES string of the molecule is O=C(c1ccccc1)N1CCC[C@@H]1c1cccnc1N1CCNCC1. The second-order valence-electron chi connectivity index (χ2n) is 6.68. The van der Waals surface area contributed by atoms with E-state index in [2.05, 4.69) is 21.3 Å². The summed E-state index contributed by atoms with van der Waals surface area (Å²) < 4.78 is 0. The molecule has 0 aliphatic carbocycles. The Bertz CT molecular complexity index is 727. The molecule has 130 valence electrons. The van der Waals surface area contributed by atoms with Gasteiger partial charge in [0.1, 0.15) is 5.82 Å². The second kappa shape index (κ2) is 7.23. The standard InChI is InChI=1S/C20H24N4O/c25-20(16-6-2-1-3-7-16)24-13-5-9-18(24)17-8-4-10-22-19(17)23-14-11-21-12-15-23/h1-4,6-8,10,18,21H,5,9,11-15H2/t18-/m1/s1. The number of hydrogen-bond donors (Lipinski definition) is 1. The van der Waals surface area contributed by atoms with Gasteiger partial charge in [-0.1, -0.05) is 24.3 Å². The Morgan fingerprint density at radius 1 is 1.04 bits per heavy atom. The zero-order chi connectivity index (χ0) is 17.1. The van der Waals surface area contributed by atoms with Crippen LogP contribution in [0.1, 0.15) is 34.8 Å². The highest BCUT2D eigenvalue weighted by atomic mass is 16.2. The smallest absolute Gasteiger partial charge is 0.254 e. The Morgan fingerprint density at radius 3 is 2.64 bits per heavy atom. The molecule has 2 aromatic rings. The lowest BCUT2D eigenvalue weighted by Crippen LogP contribution is -2.44. The third-order valence-electron chi connectivity index (χ3n) is 5.13. The number of carbonyl (C=O) groups excluding carboxylic acids is 1. The maximum Gasteiger partial charge on any atom is 0.254 e. The first-order valence-electron chi connectivity index (χ1n) is 9.11. The van der Waals surface area contributed by atoms with Crippen LogP contribution in [0.2, 0.25) is 0 Å². The molecule has 0 radical (unpaired) electrons. The average Bonchev–Trinajstić information content (AvgIpc) is 3.18. The van der Waals surface area contributed by atoms with Gasteiger partial charge in [0.2, 0.25) is 0 Å². The van der Waals surface area contributed by atoms with Crippen molar-refractivity contribution in [2.45, 2.75) is 18.9 Å². The lowest BCUT2D eigenvalue weighted by Gasteiger charge is -2.33. The van der Waals surface area contributed by atoms with E-state index in [1.165, 1.54) is 5.56 Å². The van der Waals surface area contributed by atoms with Crippen molar-refractivity contribution < 1.29 is 4.79 Å². The van der Waals surface area contributed by atoms with Gasteiger partial charge >= 0.3 is 0 Å². The van der Waals surface area contributed by atoms with Crippen molar-refractivity contribution in [2.24, 2.45) is 0 Å². The molecule has 25 heavy (non-hydrogen) atoms. The number of hydrogen-bond acceptors (Lipinski definition) is 4. The normalized spacial score (nSPS) is 20.7. The lowest BCUT2D eigenvalue weighted by molar-refractivity contribution is 0.0736. The van der Waals surface area contributed by atoms with Gasteiger partial charge in [-0.15, -0.1) is 0 Å². The van der Waals surface area contributed by atoms with E-state index in [-0.39, 0.29) is 11.9 Å². The van der Waals surface area contributed by atoms with E-state index in [0.717, 1.165) is 56.9 Å². The van der Waals surface area contributed by atoms with Crippen molar-refractivity contribution >= 4 is 11.7 Å². The molecular weight excluding hydrogens is 312 g/mol. The molecule has 4 rings (SSSR count). The van der Waals surface area contributed by atoms with Gasteiger partial charge in [0.15, 0.2) is 0 Å². The zero-order valence-corrected chi connectivity index (χ0v) is 14.4. The highest BCUT2D eigenvalue weighted by Crippen LogP contribution is 2.37. The van der Waals surface area contributed by atoms with Crippen LogP contribution in [0.5, 0.6) is 0 Å². The van der Waals surface area contributed by atoms with Crippen LogP contribution < -0.4 is 10.2 Å². The maximum atomic E-state index is 13.0. The van der Waals surface area contributed by atoms with Crippen LogP contribution in [-0.2, 0) is 0 Å². The predicted octanol–water partition coefficient (Wildman–Crippen LogP) is 2.47. The molecule has 2 aliphatic rings. The quantitative estimate of drug-likeness (QED) is 0.935. The molecule has 1 aromatic carbocycles. The molecule has 1 aromatic heterocycles. The van der Waals surface area contributed by atoms with Crippen molar-refractivity contribution in [3.63, 3.8) is 0 Å². The number of pyridine rings is 1. The molecule has 1 atom stereocenters. The summed E-state index contributed by atoms with van der Waals surface area (Å²) in [5.74, 6) is 1.17. The summed E-state index contributed by atoms with van der Waals surface area (Å²) in [5, 5.41) is 3.39. The first-order chi connectivity index (χ1) is 12.3. The van der Waals surface area contributed by atoms with Crippen LogP contribution in [-0.4, -0.2) is 48.5 Å². The molecule has 5 heteroatoms. The number of anilines is 1. The Morgan fingerprint density at radius 2 is 1.84 bits per heavy atom. The fourth-order valence-corrected chi connectivity index (χ4v) is 3.89. The number of rotatable bonds is 3. The van der Waals surface area contributed by atoms with Gasteiger partial charge in [0.05, 0.1) is 6.04 Å². The predicted molar refractivity (Wildman–Crippen MR) is 98.8 cm³/mol. The molecular formula is C20H24N4O. The van der Waals surface area contributed by atoms with Gasteiger partial charge in [-0.05, 0) is 31.0 Å².